The van der Waals surface area contributed by atoms with Crippen LogP contribution in [0.15, 0.2) is 34.9 Å². The molecule has 1 atom stereocenters. The molecule has 2 nitrogen and oxygen atoms in total. The molecule has 0 aromatic carbocycles. The lowest BCUT2D eigenvalue weighted by Gasteiger charge is -2.15. The molecular formula is C15H20O2. The molecule has 0 aromatic heterocycles. The topological polar surface area (TPSA) is 26.3 Å². The van der Waals surface area contributed by atoms with Crippen LogP contribution in [0.4, 0.5) is 0 Å². The molecule has 92 valence electrons. The van der Waals surface area contributed by atoms with Gasteiger partial charge in [-0.1, -0.05) is 24.6 Å². The fourth-order valence-corrected chi connectivity index (χ4v) is 2.70. The van der Waals surface area contributed by atoms with Crippen molar-refractivity contribution < 1.29 is 9.53 Å². The summed E-state index contributed by atoms with van der Waals surface area (Å²) >= 11 is 0. The molecule has 2 rings (SSSR count). The monoisotopic (exact) mass is 232 g/mol. The first-order valence-electron chi connectivity index (χ1n) is 6.40. The van der Waals surface area contributed by atoms with Gasteiger partial charge >= 0.3 is 5.97 Å². The standard InChI is InChI=1S/C15H20O2/c1-10(9-13-7-5-4-6-8-13)14-11(2)15(16)17-12(14)3/h9,12H,1,4-8H2,2-3H3. The van der Waals surface area contributed by atoms with Crippen LogP contribution in [0.25, 0.3) is 0 Å². The molecule has 0 saturated heterocycles. The summed E-state index contributed by atoms with van der Waals surface area (Å²) < 4.78 is 5.19. The second kappa shape index (κ2) is 4.91. The van der Waals surface area contributed by atoms with Crippen molar-refractivity contribution in [2.24, 2.45) is 0 Å². The Kier molecular flexibility index (Phi) is 3.51. The highest BCUT2D eigenvalue weighted by Crippen LogP contribution is 2.31. The van der Waals surface area contributed by atoms with Gasteiger partial charge in [0.1, 0.15) is 6.10 Å². The zero-order valence-corrected chi connectivity index (χ0v) is 10.7. The molecule has 0 bridgehead atoms. The van der Waals surface area contributed by atoms with E-state index in [-0.39, 0.29) is 12.1 Å². The molecule has 0 spiro atoms. The second-order valence-corrected chi connectivity index (χ2v) is 4.97. The first-order chi connectivity index (χ1) is 8.09. The first-order valence-corrected chi connectivity index (χ1v) is 6.40. The van der Waals surface area contributed by atoms with Crippen LogP contribution in [-0.2, 0) is 9.53 Å². The molecule has 2 aliphatic rings. The molecule has 17 heavy (non-hydrogen) atoms. The fourth-order valence-electron chi connectivity index (χ4n) is 2.70. The van der Waals surface area contributed by atoms with E-state index in [1.54, 1.807) is 0 Å². The quantitative estimate of drug-likeness (QED) is 0.679. The van der Waals surface area contributed by atoms with Gasteiger partial charge in [0.05, 0.1) is 0 Å². The van der Waals surface area contributed by atoms with Gasteiger partial charge in [0.15, 0.2) is 0 Å². The van der Waals surface area contributed by atoms with E-state index < -0.39 is 0 Å². The highest BCUT2D eigenvalue weighted by Gasteiger charge is 2.28. The maximum Gasteiger partial charge on any atom is 0.334 e. The predicted octanol–water partition coefficient (Wildman–Crippen LogP) is 3.69. The Labute approximate surface area is 103 Å². The average molecular weight is 232 g/mol. The Morgan fingerprint density at radius 2 is 2.00 bits per heavy atom. The van der Waals surface area contributed by atoms with E-state index in [1.165, 1.54) is 37.7 Å². The molecule has 1 aliphatic heterocycles. The van der Waals surface area contributed by atoms with Crippen LogP contribution >= 0.6 is 0 Å². The first kappa shape index (κ1) is 12.2. The van der Waals surface area contributed by atoms with Gasteiger partial charge in [-0.2, -0.15) is 0 Å². The van der Waals surface area contributed by atoms with E-state index in [2.05, 4.69) is 12.7 Å². The van der Waals surface area contributed by atoms with Crippen molar-refractivity contribution in [1.29, 1.82) is 0 Å². The summed E-state index contributed by atoms with van der Waals surface area (Å²) in [6.45, 7) is 7.84. The second-order valence-electron chi connectivity index (χ2n) is 4.97. The van der Waals surface area contributed by atoms with Gasteiger partial charge in [-0.05, 0) is 45.1 Å². The van der Waals surface area contributed by atoms with Crippen LogP contribution in [0.1, 0.15) is 46.0 Å². The maximum absolute atomic E-state index is 11.4. The Balaban J connectivity index is 2.17. The normalized spacial score (nSPS) is 24.9. The molecule has 1 fully saturated rings. The zero-order chi connectivity index (χ0) is 12.4. The highest BCUT2D eigenvalue weighted by atomic mass is 16.5. The Bertz CT molecular complexity index is 405. The minimum Gasteiger partial charge on any atom is -0.454 e. The molecule has 1 aliphatic carbocycles. The van der Waals surface area contributed by atoms with Crippen molar-refractivity contribution in [3.63, 3.8) is 0 Å². The minimum absolute atomic E-state index is 0.143. The van der Waals surface area contributed by atoms with Crippen LogP contribution < -0.4 is 0 Å². The van der Waals surface area contributed by atoms with E-state index in [9.17, 15) is 4.79 Å². The van der Waals surface area contributed by atoms with Gasteiger partial charge in [0.2, 0.25) is 0 Å². The number of hydrogen-bond donors (Lipinski definition) is 0. The third kappa shape index (κ3) is 2.51. The molecule has 0 aromatic rings. The number of hydrogen-bond acceptors (Lipinski definition) is 2. The largest absolute Gasteiger partial charge is 0.454 e. The van der Waals surface area contributed by atoms with E-state index in [4.69, 9.17) is 4.74 Å². The predicted molar refractivity (Wildman–Crippen MR) is 68.6 cm³/mol. The number of rotatable bonds is 2. The Morgan fingerprint density at radius 1 is 1.35 bits per heavy atom. The Hall–Kier alpha value is -1.31. The number of ether oxygens (including phenoxy) is 1. The van der Waals surface area contributed by atoms with E-state index in [0.29, 0.717) is 0 Å². The van der Waals surface area contributed by atoms with Crippen LogP contribution in [0.2, 0.25) is 0 Å². The van der Waals surface area contributed by atoms with Crippen LogP contribution in [-0.4, -0.2) is 12.1 Å². The van der Waals surface area contributed by atoms with Gasteiger partial charge in [-0.3, -0.25) is 0 Å². The fraction of sp³-hybridized carbons (Fsp3) is 0.533. The zero-order valence-electron chi connectivity index (χ0n) is 10.7. The van der Waals surface area contributed by atoms with Gasteiger partial charge in [0, 0.05) is 11.1 Å². The molecule has 0 radical (unpaired) electrons. The third-order valence-electron chi connectivity index (χ3n) is 3.62. The summed E-state index contributed by atoms with van der Waals surface area (Å²) in [5, 5.41) is 0. The molecule has 1 heterocycles. The summed E-state index contributed by atoms with van der Waals surface area (Å²) in [7, 11) is 0. The summed E-state index contributed by atoms with van der Waals surface area (Å²) in [4.78, 5) is 11.4. The van der Waals surface area contributed by atoms with Gasteiger partial charge in [-0.15, -0.1) is 0 Å². The number of allylic oxidation sites excluding steroid dienone is 2. The smallest absolute Gasteiger partial charge is 0.334 e. The molecule has 1 saturated carbocycles. The van der Waals surface area contributed by atoms with Crippen molar-refractivity contribution in [2.45, 2.75) is 52.1 Å². The third-order valence-corrected chi connectivity index (χ3v) is 3.62. The minimum atomic E-state index is -0.198. The molecule has 0 N–H and O–H groups in total. The number of cyclic esters (lactones) is 1. The lowest BCUT2D eigenvalue weighted by molar-refractivity contribution is -0.139. The lowest BCUT2D eigenvalue weighted by atomic mass is 9.91. The molecule has 0 amide bonds. The SMILES string of the molecule is C=C(C=C1CCCCC1)C1=C(C)C(=O)OC1C. The summed E-state index contributed by atoms with van der Waals surface area (Å²) in [5.74, 6) is -0.198. The molecule has 2 heteroatoms. The van der Waals surface area contributed by atoms with Gasteiger partial charge in [-0.25, -0.2) is 4.79 Å². The van der Waals surface area contributed by atoms with E-state index >= 15 is 0 Å². The van der Waals surface area contributed by atoms with E-state index in [1.807, 2.05) is 13.8 Å². The summed E-state index contributed by atoms with van der Waals surface area (Å²) in [6, 6.07) is 0. The lowest BCUT2D eigenvalue weighted by Crippen LogP contribution is -2.07. The highest BCUT2D eigenvalue weighted by molar-refractivity contribution is 5.93. The van der Waals surface area contributed by atoms with Gasteiger partial charge in [0.25, 0.3) is 0 Å². The van der Waals surface area contributed by atoms with E-state index in [0.717, 1.165) is 16.7 Å². The number of carbonyl (C=O) groups excluding carboxylic acids is 1. The van der Waals surface area contributed by atoms with Crippen molar-refractivity contribution >= 4 is 5.97 Å². The number of esters is 1. The van der Waals surface area contributed by atoms with Crippen LogP contribution in [0.3, 0.4) is 0 Å². The maximum atomic E-state index is 11.4. The van der Waals surface area contributed by atoms with Crippen molar-refractivity contribution in [2.75, 3.05) is 0 Å². The number of carbonyl (C=O) groups is 1. The molecular weight excluding hydrogens is 212 g/mol. The van der Waals surface area contributed by atoms with Gasteiger partial charge < -0.3 is 4.74 Å². The Morgan fingerprint density at radius 3 is 2.53 bits per heavy atom. The van der Waals surface area contributed by atoms with Crippen LogP contribution in [0, 0.1) is 0 Å². The van der Waals surface area contributed by atoms with Crippen molar-refractivity contribution in [1.82, 2.24) is 0 Å². The summed E-state index contributed by atoms with van der Waals surface area (Å²) in [6.07, 6.45) is 8.27. The molecule has 1 unspecified atom stereocenters. The van der Waals surface area contributed by atoms with Crippen molar-refractivity contribution in [3.05, 3.63) is 34.9 Å². The summed E-state index contributed by atoms with van der Waals surface area (Å²) in [5.41, 5.74) is 4.12. The van der Waals surface area contributed by atoms with Crippen LogP contribution in [0.5, 0.6) is 0 Å². The average Bonchev–Trinajstić information content (AvgIpc) is 2.54. The van der Waals surface area contributed by atoms with Crippen molar-refractivity contribution in [3.8, 4) is 0 Å².